The predicted molar refractivity (Wildman–Crippen MR) is 133 cm³/mol. The molecule has 1 amide bonds. The molecule has 4 aromatic rings. The van der Waals surface area contributed by atoms with Crippen LogP contribution >= 0.6 is 23.7 Å². The van der Waals surface area contributed by atoms with E-state index >= 15 is 0 Å². The first-order valence-electron chi connectivity index (χ1n) is 10.3. The smallest absolute Gasteiger partial charge is 0.315 e. The van der Waals surface area contributed by atoms with Crippen LogP contribution < -0.4 is 16.1 Å². The first-order valence-corrected chi connectivity index (χ1v) is 11.1. The molecule has 13 heteroatoms. The molecular weight excluding hydrogens is 485 g/mol. The number of aryl methyl sites for hydroxylation is 1. The second kappa shape index (κ2) is 10.0. The summed E-state index contributed by atoms with van der Waals surface area (Å²) in [5.74, 6) is -0.655. The van der Waals surface area contributed by atoms with Crippen molar-refractivity contribution in [2.45, 2.75) is 13.0 Å². The van der Waals surface area contributed by atoms with Gasteiger partial charge in [0.25, 0.3) is 5.56 Å². The van der Waals surface area contributed by atoms with Crippen LogP contribution in [0.4, 0.5) is 9.52 Å². The maximum Gasteiger partial charge on any atom is 0.332 e. The highest BCUT2D eigenvalue weighted by molar-refractivity contribution is 7.22. The molecule has 34 heavy (non-hydrogen) atoms. The zero-order valence-electron chi connectivity index (χ0n) is 19.2. The number of thiazole rings is 1. The Balaban J connectivity index is 0.00000324. The number of fused-ring (bicyclic) bond motifs is 2. The number of imidazole rings is 1. The largest absolute Gasteiger partial charge is 0.332 e. The third-order valence-electron chi connectivity index (χ3n) is 5.38. The highest BCUT2D eigenvalue weighted by Gasteiger charge is 2.22. The van der Waals surface area contributed by atoms with E-state index in [4.69, 9.17) is 0 Å². The molecule has 0 radical (unpaired) electrons. The van der Waals surface area contributed by atoms with Crippen molar-refractivity contribution in [1.82, 2.24) is 28.6 Å². The molecule has 0 N–H and O–H groups in total. The molecule has 0 fully saturated rings. The monoisotopic (exact) mass is 509 g/mol. The summed E-state index contributed by atoms with van der Waals surface area (Å²) in [6.07, 6.45) is 2.08. The zero-order chi connectivity index (χ0) is 23.9. The molecule has 3 aromatic heterocycles. The maximum absolute atomic E-state index is 13.7. The molecule has 4 rings (SSSR count). The highest BCUT2D eigenvalue weighted by atomic mass is 35.5. The van der Waals surface area contributed by atoms with Crippen molar-refractivity contribution in [3.63, 3.8) is 0 Å². The van der Waals surface area contributed by atoms with Gasteiger partial charge in [-0.1, -0.05) is 11.3 Å². The fourth-order valence-corrected chi connectivity index (χ4v) is 4.66. The van der Waals surface area contributed by atoms with E-state index in [0.717, 1.165) is 11.1 Å². The molecule has 182 valence electrons. The van der Waals surface area contributed by atoms with E-state index in [1.807, 2.05) is 19.0 Å². The molecule has 3 heterocycles. The Bertz CT molecular complexity index is 1470. The Labute approximate surface area is 204 Å². The van der Waals surface area contributed by atoms with Crippen LogP contribution in [0.25, 0.3) is 21.4 Å². The number of halogens is 2. The van der Waals surface area contributed by atoms with Crippen molar-refractivity contribution in [1.29, 1.82) is 0 Å². The van der Waals surface area contributed by atoms with Crippen molar-refractivity contribution < 1.29 is 9.18 Å². The summed E-state index contributed by atoms with van der Waals surface area (Å²) in [4.78, 5) is 50.6. The van der Waals surface area contributed by atoms with Crippen LogP contribution in [0, 0.1) is 5.82 Å². The van der Waals surface area contributed by atoms with Gasteiger partial charge in [-0.05, 0) is 45.3 Å². The second-order valence-electron chi connectivity index (χ2n) is 8.06. The normalized spacial score (nSPS) is 11.4. The Morgan fingerprint density at radius 1 is 1.15 bits per heavy atom. The summed E-state index contributed by atoms with van der Waals surface area (Å²) in [6, 6.07) is 4.31. The van der Waals surface area contributed by atoms with Gasteiger partial charge in [-0.2, -0.15) is 0 Å². The second-order valence-corrected chi connectivity index (χ2v) is 9.07. The van der Waals surface area contributed by atoms with E-state index in [9.17, 15) is 18.8 Å². The van der Waals surface area contributed by atoms with Crippen LogP contribution in [0.3, 0.4) is 0 Å². The van der Waals surface area contributed by atoms with Crippen LogP contribution in [0.5, 0.6) is 0 Å². The number of rotatable bonds is 7. The average Bonchev–Trinajstić information content (AvgIpc) is 3.37. The van der Waals surface area contributed by atoms with E-state index in [1.54, 1.807) is 11.0 Å². The number of hydrogen-bond acceptors (Lipinski definition) is 7. The first kappa shape index (κ1) is 25.5. The summed E-state index contributed by atoms with van der Waals surface area (Å²) < 4.78 is 18.0. The molecule has 0 aliphatic heterocycles. The van der Waals surface area contributed by atoms with Crippen LogP contribution in [0.1, 0.15) is 6.42 Å². The molecule has 0 saturated carbocycles. The van der Waals surface area contributed by atoms with Gasteiger partial charge in [0.05, 0.1) is 16.5 Å². The molecule has 0 saturated heterocycles. The number of hydrogen-bond donors (Lipinski definition) is 0. The van der Waals surface area contributed by atoms with Crippen molar-refractivity contribution in [2.75, 3.05) is 32.1 Å². The van der Waals surface area contributed by atoms with E-state index < -0.39 is 11.2 Å². The number of carbonyl (C=O) groups excluding carboxylic acids is 1. The quantitative estimate of drug-likeness (QED) is 0.375. The Morgan fingerprint density at radius 3 is 2.59 bits per heavy atom. The third-order valence-corrected chi connectivity index (χ3v) is 6.42. The lowest BCUT2D eigenvalue weighted by atomic mass is 10.3. The number of amides is 1. The van der Waals surface area contributed by atoms with Gasteiger partial charge in [-0.25, -0.2) is 19.2 Å². The van der Waals surface area contributed by atoms with Gasteiger partial charge in [0, 0.05) is 20.6 Å². The lowest BCUT2D eigenvalue weighted by Crippen LogP contribution is -2.39. The minimum absolute atomic E-state index is 0. The molecule has 0 atom stereocenters. The van der Waals surface area contributed by atoms with E-state index in [0.29, 0.717) is 28.3 Å². The molecule has 0 aliphatic rings. The number of nitrogens with zero attached hydrogens (tertiary/aromatic N) is 7. The van der Waals surface area contributed by atoms with Gasteiger partial charge in [-0.15, -0.1) is 12.4 Å². The van der Waals surface area contributed by atoms with Gasteiger partial charge < -0.3 is 9.47 Å². The summed E-state index contributed by atoms with van der Waals surface area (Å²) in [5.41, 5.74) is -0.0130. The summed E-state index contributed by atoms with van der Waals surface area (Å²) in [5, 5.41) is 0.462. The van der Waals surface area contributed by atoms with Crippen molar-refractivity contribution >= 4 is 56.2 Å². The van der Waals surface area contributed by atoms with Crippen LogP contribution in [0.15, 0.2) is 34.1 Å². The molecular formula is C21H25ClFN7O3S. The molecule has 1 aromatic carbocycles. The minimum atomic E-state index is -0.520. The van der Waals surface area contributed by atoms with E-state index in [1.165, 1.54) is 53.0 Å². The maximum atomic E-state index is 13.7. The van der Waals surface area contributed by atoms with Crippen LogP contribution in [0.2, 0.25) is 0 Å². The van der Waals surface area contributed by atoms with E-state index in [-0.39, 0.29) is 41.8 Å². The van der Waals surface area contributed by atoms with Gasteiger partial charge in [0.2, 0.25) is 5.91 Å². The fourth-order valence-electron chi connectivity index (χ4n) is 3.62. The molecule has 0 aliphatic carbocycles. The molecule has 0 unspecified atom stereocenters. The Kier molecular flexibility index (Phi) is 7.54. The average molecular weight is 510 g/mol. The molecule has 0 spiro atoms. The summed E-state index contributed by atoms with van der Waals surface area (Å²) >= 11 is 1.24. The standard InChI is InChI=1S/C21H24FN7O3S.ClH/c1-25(2)8-5-9-29(20-24-14-7-6-13(22)10-15(14)33-20)16(30)11-28-12-23-18-17(28)19(31)27(4)21(32)26(18)3;/h6-7,10,12H,5,8-9,11H2,1-4H3;1H. The van der Waals surface area contributed by atoms with Gasteiger partial charge >= 0.3 is 5.69 Å². The summed E-state index contributed by atoms with van der Waals surface area (Å²) in [6.45, 7) is 1.01. The van der Waals surface area contributed by atoms with Gasteiger partial charge in [0.1, 0.15) is 12.4 Å². The molecule has 10 nitrogen and oxygen atoms in total. The van der Waals surface area contributed by atoms with Gasteiger partial charge in [0.15, 0.2) is 16.3 Å². The Morgan fingerprint density at radius 2 is 1.88 bits per heavy atom. The number of aromatic nitrogens is 5. The number of carbonyl (C=O) groups is 1. The first-order chi connectivity index (χ1) is 15.7. The van der Waals surface area contributed by atoms with Crippen molar-refractivity contribution in [3.05, 3.63) is 51.2 Å². The predicted octanol–water partition coefficient (Wildman–Crippen LogP) is 1.59. The third kappa shape index (κ3) is 4.74. The highest BCUT2D eigenvalue weighted by Crippen LogP contribution is 2.30. The lowest BCUT2D eigenvalue weighted by molar-refractivity contribution is -0.119. The Hall–Kier alpha value is -3.09. The van der Waals surface area contributed by atoms with Crippen molar-refractivity contribution in [2.24, 2.45) is 14.1 Å². The zero-order valence-corrected chi connectivity index (χ0v) is 20.8. The van der Waals surface area contributed by atoms with Crippen LogP contribution in [-0.2, 0) is 25.4 Å². The van der Waals surface area contributed by atoms with Crippen molar-refractivity contribution in [3.8, 4) is 0 Å². The summed E-state index contributed by atoms with van der Waals surface area (Å²) in [7, 11) is 6.81. The number of benzene rings is 1. The molecule has 0 bridgehead atoms. The SMILES string of the molecule is CN(C)CCCN(C(=O)Cn1cnc2c1c(=O)n(C)c(=O)n2C)c1nc2ccc(F)cc2s1.Cl. The lowest BCUT2D eigenvalue weighted by Gasteiger charge is -2.21. The fraction of sp³-hybridized carbons (Fsp3) is 0.381. The minimum Gasteiger partial charge on any atom is -0.315 e. The van der Waals surface area contributed by atoms with Crippen LogP contribution in [-0.4, -0.2) is 61.7 Å². The topological polar surface area (TPSA) is 98.3 Å². The number of anilines is 1. The van der Waals surface area contributed by atoms with Gasteiger partial charge in [-0.3, -0.25) is 23.6 Å². The van der Waals surface area contributed by atoms with E-state index in [2.05, 4.69) is 9.97 Å².